The van der Waals surface area contributed by atoms with Crippen LogP contribution in [0.2, 0.25) is 0 Å². The van der Waals surface area contributed by atoms with Gasteiger partial charge in [0.2, 0.25) is 5.82 Å². The number of nitro benzene ring substituents is 1. The van der Waals surface area contributed by atoms with Crippen LogP contribution in [0, 0.1) is 20.2 Å². The molecule has 2 aromatic rings. The zero-order chi connectivity index (χ0) is 16.7. The molecule has 0 spiro atoms. The molecule has 23 heavy (non-hydrogen) atoms. The summed E-state index contributed by atoms with van der Waals surface area (Å²) in [6.07, 6.45) is 2.44. The first-order valence-electron chi connectivity index (χ1n) is 6.36. The fourth-order valence-corrected chi connectivity index (χ4v) is 2.28. The minimum absolute atomic E-state index is 0.156. The highest BCUT2D eigenvalue weighted by molar-refractivity contribution is 6.34. The minimum atomic E-state index is -0.595. The maximum Gasteiger partial charge on any atom is 0.342 e. The van der Waals surface area contributed by atoms with Gasteiger partial charge in [0.05, 0.1) is 17.5 Å². The Morgan fingerprint density at radius 2 is 2.00 bits per heavy atom. The summed E-state index contributed by atoms with van der Waals surface area (Å²) in [6.45, 7) is 0. The number of fused-ring (bicyclic) bond motifs is 1. The number of hydrogen-bond acceptors (Lipinski definition) is 6. The number of nitrogens with zero attached hydrogens (tertiary/aromatic N) is 4. The van der Waals surface area contributed by atoms with E-state index >= 15 is 0 Å². The van der Waals surface area contributed by atoms with Gasteiger partial charge in [-0.3, -0.25) is 14.9 Å². The third-order valence-corrected chi connectivity index (χ3v) is 3.46. The summed E-state index contributed by atoms with van der Waals surface area (Å²) < 4.78 is 1.22. The topological polar surface area (TPSA) is 133 Å². The molecular formula is C13H9N5O5. The van der Waals surface area contributed by atoms with E-state index in [1.165, 1.54) is 35.9 Å². The van der Waals surface area contributed by atoms with Crippen molar-refractivity contribution in [3.05, 3.63) is 56.0 Å². The Morgan fingerprint density at radius 3 is 2.61 bits per heavy atom. The van der Waals surface area contributed by atoms with E-state index in [1.54, 1.807) is 0 Å². The second-order valence-corrected chi connectivity index (χ2v) is 4.79. The highest BCUT2D eigenvalue weighted by Crippen LogP contribution is 2.35. The molecule has 0 unspecified atom stereocenters. The third kappa shape index (κ3) is 2.31. The number of nitrogens with one attached hydrogen (secondary N) is 1. The molecule has 0 fully saturated rings. The highest BCUT2D eigenvalue weighted by Gasteiger charge is 2.28. The average molecular weight is 315 g/mol. The van der Waals surface area contributed by atoms with Gasteiger partial charge in [-0.2, -0.15) is 0 Å². The van der Waals surface area contributed by atoms with Crippen LogP contribution in [0.1, 0.15) is 11.4 Å². The number of non-ortho nitro benzene ring substituents is 1. The van der Waals surface area contributed by atoms with E-state index < -0.39 is 15.8 Å². The van der Waals surface area contributed by atoms with Crippen molar-refractivity contribution in [3.8, 4) is 0 Å². The fraction of sp³-hybridized carbons (Fsp3) is 0.0769. The summed E-state index contributed by atoms with van der Waals surface area (Å²) >= 11 is 0. The van der Waals surface area contributed by atoms with E-state index in [1.807, 2.05) is 0 Å². The maximum atomic E-state index is 12.0. The number of hydrogen-bond donors (Lipinski definition) is 1. The lowest BCUT2D eigenvalue weighted by Gasteiger charge is -1.98. The monoisotopic (exact) mass is 315 g/mol. The van der Waals surface area contributed by atoms with Gasteiger partial charge in [0, 0.05) is 29.5 Å². The van der Waals surface area contributed by atoms with Crippen LogP contribution in [0.3, 0.4) is 0 Å². The van der Waals surface area contributed by atoms with Crippen molar-refractivity contribution in [1.82, 2.24) is 9.55 Å². The molecule has 0 saturated carbocycles. The predicted molar refractivity (Wildman–Crippen MR) is 79.5 cm³/mol. The average Bonchev–Trinajstić information content (AvgIpc) is 3.00. The van der Waals surface area contributed by atoms with Crippen LogP contribution in [0.25, 0.3) is 11.6 Å². The van der Waals surface area contributed by atoms with E-state index in [9.17, 15) is 25.0 Å². The number of carbonyl (C=O) groups is 1. The number of amides is 1. The van der Waals surface area contributed by atoms with Gasteiger partial charge < -0.3 is 15.4 Å². The third-order valence-electron chi connectivity index (χ3n) is 3.46. The van der Waals surface area contributed by atoms with Crippen molar-refractivity contribution in [2.45, 2.75) is 0 Å². The zero-order valence-corrected chi connectivity index (χ0v) is 11.7. The van der Waals surface area contributed by atoms with Gasteiger partial charge in [0.25, 0.3) is 11.6 Å². The van der Waals surface area contributed by atoms with Gasteiger partial charge in [-0.25, -0.2) is 9.55 Å². The number of benzene rings is 1. The van der Waals surface area contributed by atoms with E-state index in [2.05, 4.69) is 10.3 Å². The van der Waals surface area contributed by atoms with E-state index in [0.29, 0.717) is 11.3 Å². The number of nitro groups is 2. The van der Waals surface area contributed by atoms with Crippen molar-refractivity contribution in [3.63, 3.8) is 0 Å². The van der Waals surface area contributed by atoms with Gasteiger partial charge in [0.15, 0.2) is 0 Å². The largest absolute Gasteiger partial charge is 0.358 e. The van der Waals surface area contributed by atoms with E-state index in [0.717, 1.165) is 6.20 Å². The normalized spacial score (nSPS) is 14.7. The molecule has 3 rings (SSSR count). The summed E-state index contributed by atoms with van der Waals surface area (Å²) in [5.74, 6) is -0.484. The van der Waals surface area contributed by atoms with E-state index in [4.69, 9.17) is 0 Å². The molecule has 1 amide bonds. The first-order chi connectivity index (χ1) is 10.9. The summed E-state index contributed by atoms with van der Waals surface area (Å²) in [5.41, 5.74) is 0.801. The Bertz CT molecular complexity index is 898. The minimum Gasteiger partial charge on any atom is -0.358 e. The van der Waals surface area contributed by atoms with Gasteiger partial charge in [-0.05, 0) is 11.0 Å². The molecule has 1 aliphatic rings. The first kappa shape index (κ1) is 14.4. The summed E-state index contributed by atoms with van der Waals surface area (Å²) in [7, 11) is 1.44. The molecular weight excluding hydrogens is 306 g/mol. The molecule has 116 valence electrons. The number of anilines is 1. The van der Waals surface area contributed by atoms with Crippen molar-refractivity contribution >= 4 is 34.7 Å². The smallest absolute Gasteiger partial charge is 0.342 e. The summed E-state index contributed by atoms with van der Waals surface area (Å²) in [4.78, 5) is 36.5. The van der Waals surface area contributed by atoms with E-state index in [-0.39, 0.29) is 22.9 Å². The zero-order valence-electron chi connectivity index (χ0n) is 11.7. The van der Waals surface area contributed by atoms with Crippen molar-refractivity contribution < 1.29 is 14.6 Å². The summed E-state index contributed by atoms with van der Waals surface area (Å²) in [5, 5.41) is 24.3. The Balaban J connectivity index is 2.11. The molecule has 2 heterocycles. The lowest BCUT2D eigenvalue weighted by Crippen LogP contribution is -2.04. The van der Waals surface area contributed by atoms with Gasteiger partial charge in [-0.15, -0.1) is 0 Å². The lowest BCUT2D eigenvalue weighted by atomic mass is 10.1. The number of carbonyl (C=O) groups excluding carboxylic acids is 1. The Morgan fingerprint density at radius 1 is 1.26 bits per heavy atom. The highest BCUT2D eigenvalue weighted by atomic mass is 16.6. The van der Waals surface area contributed by atoms with Crippen LogP contribution < -0.4 is 5.32 Å². The quantitative estimate of drug-likeness (QED) is 0.521. The van der Waals surface area contributed by atoms with Gasteiger partial charge >= 0.3 is 5.82 Å². The molecule has 0 radical (unpaired) electrons. The molecule has 0 aliphatic carbocycles. The first-order valence-corrected chi connectivity index (χ1v) is 6.36. The van der Waals surface area contributed by atoms with Crippen LogP contribution in [0.5, 0.6) is 0 Å². The Hall–Kier alpha value is -3.56. The Labute approximate surface area is 128 Å². The standard InChI is InChI=1S/C13H9N5O5/c1-16-11(14-6-12(16)18(22)23)5-9-8-4-7(17(20)21)2-3-10(8)15-13(9)19/h2-6H,1H3,(H,15,19). The lowest BCUT2D eigenvalue weighted by molar-refractivity contribution is -0.391. The van der Waals surface area contributed by atoms with Crippen LogP contribution in [-0.2, 0) is 11.8 Å². The molecule has 1 aliphatic heterocycles. The molecule has 10 nitrogen and oxygen atoms in total. The van der Waals surface area contributed by atoms with Gasteiger partial charge in [-0.1, -0.05) is 0 Å². The molecule has 1 aromatic heterocycles. The fourth-order valence-electron chi connectivity index (χ4n) is 2.28. The molecule has 0 bridgehead atoms. The molecule has 10 heteroatoms. The maximum absolute atomic E-state index is 12.0. The molecule has 0 atom stereocenters. The number of rotatable bonds is 3. The Kier molecular flexibility index (Phi) is 3.14. The van der Waals surface area contributed by atoms with Crippen LogP contribution >= 0.6 is 0 Å². The number of imidazole rings is 1. The van der Waals surface area contributed by atoms with Crippen LogP contribution in [-0.4, -0.2) is 25.3 Å². The second kappa shape index (κ2) is 5.02. The summed E-state index contributed by atoms with van der Waals surface area (Å²) in [6, 6.07) is 4.00. The van der Waals surface area contributed by atoms with Crippen molar-refractivity contribution in [2.24, 2.45) is 7.05 Å². The van der Waals surface area contributed by atoms with Gasteiger partial charge in [0.1, 0.15) is 6.20 Å². The molecule has 1 N–H and O–H groups in total. The SMILES string of the molecule is Cn1c([N+](=O)[O-])cnc1C=C1C(=O)Nc2ccc([N+](=O)[O-])cc21. The van der Waals surface area contributed by atoms with Crippen molar-refractivity contribution in [2.75, 3.05) is 5.32 Å². The second-order valence-electron chi connectivity index (χ2n) is 4.79. The van der Waals surface area contributed by atoms with Crippen LogP contribution in [0.4, 0.5) is 17.2 Å². The molecule has 1 aromatic carbocycles. The number of aromatic nitrogens is 2. The molecule has 0 saturated heterocycles. The predicted octanol–water partition coefficient (Wildman–Crippen LogP) is 1.73. The van der Waals surface area contributed by atoms with Crippen LogP contribution in [0.15, 0.2) is 24.4 Å². The van der Waals surface area contributed by atoms with Crippen molar-refractivity contribution in [1.29, 1.82) is 0 Å².